The van der Waals surface area contributed by atoms with Gasteiger partial charge < -0.3 is 20.1 Å². The summed E-state index contributed by atoms with van der Waals surface area (Å²) in [5.74, 6) is 0.765. The van der Waals surface area contributed by atoms with Crippen LogP contribution in [0.4, 0.5) is 0 Å². The number of hydrogen-bond acceptors (Lipinski definition) is 4. The van der Waals surface area contributed by atoms with E-state index in [-0.39, 0.29) is 24.9 Å². The van der Waals surface area contributed by atoms with Crippen molar-refractivity contribution in [3.63, 3.8) is 0 Å². The number of likely N-dealkylation sites (tertiary alicyclic amines) is 1. The Morgan fingerprint density at radius 3 is 2.70 bits per heavy atom. The van der Waals surface area contributed by atoms with E-state index in [0.717, 1.165) is 12.2 Å². The number of carbonyl (C=O) groups is 1. The third-order valence-corrected chi connectivity index (χ3v) is 3.52. The van der Waals surface area contributed by atoms with Gasteiger partial charge in [-0.25, -0.2) is 0 Å². The summed E-state index contributed by atoms with van der Waals surface area (Å²) in [7, 11) is 1.66. The monoisotopic (exact) mass is 300 g/mol. The van der Waals surface area contributed by atoms with E-state index in [1.807, 2.05) is 30.3 Å². The van der Waals surface area contributed by atoms with Gasteiger partial charge in [-0.3, -0.25) is 4.79 Å². The fourth-order valence-corrected chi connectivity index (χ4v) is 2.26. The highest BCUT2D eigenvalue weighted by Crippen LogP contribution is 2.26. The zero-order valence-corrected chi connectivity index (χ0v) is 12.4. The minimum Gasteiger partial charge on any atom is -0.491 e. The molecular formula is C14H21ClN2O3. The molecule has 0 bridgehead atoms. The molecule has 1 aromatic rings. The summed E-state index contributed by atoms with van der Waals surface area (Å²) < 4.78 is 11.3. The minimum atomic E-state index is -0.430. The SMILES string of the molecule is COC1(COc2ccccc2)CCN(C(=O)CN)C1.Cl. The number of nitrogens with two attached hydrogens (primary N) is 1. The maximum absolute atomic E-state index is 11.6. The van der Waals surface area contributed by atoms with E-state index in [0.29, 0.717) is 19.7 Å². The van der Waals surface area contributed by atoms with Crippen LogP contribution in [0.3, 0.4) is 0 Å². The zero-order valence-electron chi connectivity index (χ0n) is 11.6. The number of methoxy groups -OCH3 is 1. The number of nitrogens with zero attached hydrogens (tertiary/aromatic N) is 1. The number of carbonyl (C=O) groups excluding carboxylic acids is 1. The molecule has 0 aromatic heterocycles. The molecule has 20 heavy (non-hydrogen) atoms. The first-order valence-corrected chi connectivity index (χ1v) is 6.40. The van der Waals surface area contributed by atoms with E-state index in [2.05, 4.69) is 0 Å². The van der Waals surface area contributed by atoms with E-state index in [9.17, 15) is 4.79 Å². The van der Waals surface area contributed by atoms with Gasteiger partial charge in [-0.1, -0.05) is 18.2 Å². The van der Waals surface area contributed by atoms with Gasteiger partial charge >= 0.3 is 0 Å². The second-order valence-electron chi connectivity index (χ2n) is 4.76. The smallest absolute Gasteiger partial charge is 0.236 e. The van der Waals surface area contributed by atoms with Crippen LogP contribution in [0.15, 0.2) is 30.3 Å². The van der Waals surface area contributed by atoms with Crippen molar-refractivity contribution in [2.75, 3.05) is 33.4 Å². The number of rotatable bonds is 5. The summed E-state index contributed by atoms with van der Waals surface area (Å²) in [5, 5.41) is 0. The summed E-state index contributed by atoms with van der Waals surface area (Å²) in [5.41, 5.74) is 4.95. The van der Waals surface area contributed by atoms with Crippen LogP contribution in [-0.4, -0.2) is 49.8 Å². The molecule has 1 amide bonds. The van der Waals surface area contributed by atoms with Crippen molar-refractivity contribution < 1.29 is 14.3 Å². The largest absolute Gasteiger partial charge is 0.491 e. The summed E-state index contributed by atoms with van der Waals surface area (Å²) in [6.07, 6.45) is 0.766. The molecule has 2 rings (SSSR count). The minimum absolute atomic E-state index is 0. The fraction of sp³-hybridized carbons (Fsp3) is 0.500. The number of benzene rings is 1. The lowest BCUT2D eigenvalue weighted by Gasteiger charge is -2.27. The Hall–Kier alpha value is -1.30. The van der Waals surface area contributed by atoms with Gasteiger partial charge in [-0.15, -0.1) is 12.4 Å². The predicted molar refractivity (Wildman–Crippen MR) is 79.2 cm³/mol. The quantitative estimate of drug-likeness (QED) is 0.883. The Labute approximate surface area is 125 Å². The van der Waals surface area contributed by atoms with Crippen LogP contribution >= 0.6 is 12.4 Å². The van der Waals surface area contributed by atoms with Crippen LogP contribution in [0.2, 0.25) is 0 Å². The number of hydrogen-bond donors (Lipinski definition) is 1. The number of ether oxygens (including phenoxy) is 2. The van der Waals surface area contributed by atoms with Crippen molar-refractivity contribution in [3.8, 4) is 5.75 Å². The highest BCUT2D eigenvalue weighted by molar-refractivity contribution is 5.85. The van der Waals surface area contributed by atoms with E-state index in [1.165, 1.54) is 0 Å². The lowest BCUT2D eigenvalue weighted by atomic mass is 10.0. The molecule has 1 unspecified atom stereocenters. The van der Waals surface area contributed by atoms with E-state index in [4.69, 9.17) is 15.2 Å². The molecule has 6 heteroatoms. The Morgan fingerprint density at radius 1 is 1.40 bits per heavy atom. The highest BCUT2D eigenvalue weighted by Gasteiger charge is 2.40. The number of amides is 1. The second kappa shape index (κ2) is 7.47. The Morgan fingerprint density at radius 2 is 2.10 bits per heavy atom. The first-order valence-electron chi connectivity index (χ1n) is 6.40. The van der Waals surface area contributed by atoms with Crippen molar-refractivity contribution >= 4 is 18.3 Å². The molecule has 112 valence electrons. The third-order valence-electron chi connectivity index (χ3n) is 3.52. The molecule has 1 fully saturated rings. The molecule has 1 atom stereocenters. The van der Waals surface area contributed by atoms with Crippen LogP contribution in [0.5, 0.6) is 5.75 Å². The zero-order chi connectivity index (χ0) is 13.7. The maximum Gasteiger partial charge on any atom is 0.236 e. The van der Waals surface area contributed by atoms with Crippen molar-refractivity contribution in [3.05, 3.63) is 30.3 Å². The van der Waals surface area contributed by atoms with Crippen LogP contribution in [-0.2, 0) is 9.53 Å². The van der Waals surface area contributed by atoms with E-state index >= 15 is 0 Å². The average molecular weight is 301 g/mol. The van der Waals surface area contributed by atoms with Gasteiger partial charge in [-0.2, -0.15) is 0 Å². The Kier molecular flexibility index (Phi) is 6.26. The Bertz CT molecular complexity index is 430. The van der Waals surface area contributed by atoms with Crippen LogP contribution in [0.25, 0.3) is 0 Å². The lowest BCUT2D eigenvalue weighted by molar-refractivity contribution is -0.130. The van der Waals surface area contributed by atoms with Gasteiger partial charge in [0.05, 0.1) is 13.1 Å². The van der Waals surface area contributed by atoms with Gasteiger partial charge in [0.25, 0.3) is 0 Å². The molecule has 5 nitrogen and oxygen atoms in total. The normalized spacial score (nSPS) is 21.4. The molecule has 0 aliphatic carbocycles. The van der Waals surface area contributed by atoms with Crippen LogP contribution < -0.4 is 10.5 Å². The van der Waals surface area contributed by atoms with Gasteiger partial charge in [0.2, 0.25) is 5.91 Å². The van der Waals surface area contributed by atoms with Crippen molar-refractivity contribution in [2.24, 2.45) is 5.73 Å². The van der Waals surface area contributed by atoms with E-state index in [1.54, 1.807) is 12.0 Å². The average Bonchev–Trinajstić information content (AvgIpc) is 2.91. The molecule has 1 aromatic carbocycles. The molecule has 0 spiro atoms. The summed E-state index contributed by atoms with van der Waals surface area (Å²) >= 11 is 0. The van der Waals surface area contributed by atoms with Gasteiger partial charge in [0, 0.05) is 13.7 Å². The molecule has 1 aliphatic rings. The van der Waals surface area contributed by atoms with Crippen molar-refractivity contribution in [1.29, 1.82) is 0 Å². The summed E-state index contributed by atoms with van der Waals surface area (Å²) in [6, 6.07) is 9.60. The third kappa shape index (κ3) is 3.85. The molecule has 0 saturated carbocycles. The molecule has 1 aliphatic heterocycles. The first-order chi connectivity index (χ1) is 9.19. The Balaban J connectivity index is 0.00000200. The molecule has 0 radical (unpaired) electrons. The molecular weight excluding hydrogens is 280 g/mol. The molecule has 1 saturated heterocycles. The number of halogens is 1. The first kappa shape index (κ1) is 16.8. The van der Waals surface area contributed by atoms with Crippen LogP contribution in [0.1, 0.15) is 6.42 Å². The topological polar surface area (TPSA) is 64.8 Å². The maximum atomic E-state index is 11.6. The predicted octanol–water partition coefficient (Wildman–Crippen LogP) is 1.06. The second-order valence-corrected chi connectivity index (χ2v) is 4.76. The van der Waals surface area contributed by atoms with Crippen molar-refractivity contribution in [2.45, 2.75) is 12.0 Å². The fourth-order valence-electron chi connectivity index (χ4n) is 2.26. The summed E-state index contributed by atoms with van der Waals surface area (Å²) in [6.45, 7) is 1.68. The van der Waals surface area contributed by atoms with Crippen LogP contribution in [0, 0.1) is 0 Å². The lowest BCUT2D eigenvalue weighted by Crippen LogP contribution is -2.43. The van der Waals surface area contributed by atoms with Gasteiger partial charge in [0.15, 0.2) is 0 Å². The van der Waals surface area contributed by atoms with Crippen molar-refractivity contribution in [1.82, 2.24) is 4.90 Å². The molecule has 2 N–H and O–H groups in total. The number of para-hydroxylation sites is 1. The molecule has 1 heterocycles. The van der Waals surface area contributed by atoms with Gasteiger partial charge in [0.1, 0.15) is 18.0 Å². The summed E-state index contributed by atoms with van der Waals surface area (Å²) in [4.78, 5) is 13.3. The van der Waals surface area contributed by atoms with Gasteiger partial charge in [-0.05, 0) is 18.6 Å². The highest BCUT2D eigenvalue weighted by atomic mass is 35.5. The standard InChI is InChI=1S/C14H20N2O3.ClH/c1-18-14(7-8-16(10-14)13(17)9-15)11-19-12-5-3-2-4-6-12;/h2-6H,7-11,15H2,1H3;1H. The van der Waals surface area contributed by atoms with E-state index < -0.39 is 5.60 Å².